The molecule has 1 aliphatic rings. The summed E-state index contributed by atoms with van der Waals surface area (Å²) in [6, 6.07) is 14.6. The minimum atomic E-state index is -0.924. The Balaban J connectivity index is 2.04. The van der Waals surface area contributed by atoms with Crippen LogP contribution < -0.4 is 19.1 Å². The minimum Gasteiger partial charge on any atom is -0.507 e. The molecule has 1 amide bonds. The van der Waals surface area contributed by atoms with Crippen molar-refractivity contribution in [2.75, 3.05) is 26.2 Å². The van der Waals surface area contributed by atoms with Gasteiger partial charge in [0.1, 0.15) is 23.0 Å². The number of rotatable bonds is 6. The lowest BCUT2D eigenvalue weighted by Gasteiger charge is -2.27. The van der Waals surface area contributed by atoms with Crippen LogP contribution in [0.5, 0.6) is 17.2 Å². The van der Waals surface area contributed by atoms with Crippen molar-refractivity contribution in [2.24, 2.45) is 0 Å². The van der Waals surface area contributed by atoms with Crippen molar-refractivity contribution >= 4 is 34.7 Å². The fraction of sp³-hybridized carbons (Fsp3) is 0.214. The minimum absolute atomic E-state index is 0.0863. The van der Waals surface area contributed by atoms with Gasteiger partial charge in [-0.2, -0.15) is 0 Å². The van der Waals surface area contributed by atoms with Crippen molar-refractivity contribution in [3.63, 3.8) is 0 Å². The molecule has 1 fully saturated rings. The summed E-state index contributed by atoms with van der Waals surface area (Å²) in [5.74, 6) is -0.929. The second kappa shape index (κ2) is 9.95. The zero-order valence-electron chi connectivity index (χ0n) is 20.6. The number of aliphatic hydroxyl groups excluding tert-OH is 1. The lowest BCUT2D eigenvalue weighted by molar-refractivity contribution is -0.132. The molecule has 0 saturated carbocycles. The zero-order chi connectivity index (χ0) is 26.1. The van der Waals surface area contributed by atoms with E-state index in [9.17, 15) is 14.7 Å². The molecule has 0 aliphatic carbocycles. The normalized spacial score (nSPS) is 16.8. The van der Waals surface area contributed by atoms with Gasteiger partial charge in [0.2, 0.25) is 0 Å². The number of hydrogen-bond acceptors (Lipinski definition) is 6. The molecule has 8 heteroatoms. The molecule has 4 rings (SSSR count). The Kier molecular flexibility index (Phi) is 6.95. The smallest absolute Gasteiger partial charge is 0.300 e. The van der Waals surface area contributed by atoms with Crippen LogP contribution in [0.25, 0.3) is 5.76 Å². The van der Waals surface area contributed by atoms with Crippen molar-refractivity contribution in [3.8, 4) is 17.2 Å². The maximum Gasteiger partial charge on any atom is 0.300 e. The number of methoxy groups -OCH3 is 3. The first-order chi connectivity index (χ1) is 17.2. The van der Waals surface area contributed by atoms with Crippen LogP contribution in [0.2, 0.25) is 5.02 Å². The van der Waals surface area contributed by atoms with E-state index in [0.29, 0.717) is 17.0 Å². The van der Waals surface area contributed by atoms with Gasteiger partial charge in [-0.3, -0.25) is 14.5 Å². The SMILES string of the molecule is COc1cccc(C2/C(=C(\O)c3cc(OC)c(Cl)cc3OC)C(=O)C(=O)N2c2cccc(C)c2C)c1. The van der Waals surface area contributed by atoms with E-state index in [4.69, 9.17) is 25.8 Å². The Morgan fingerprint density at radius 2 is 1.61 bits per heavy atom. The molecular formula is C28H26ClNO6. The molecule has 1 unspecified atom stereocenters. The fourth-order valence-corrected chi connectivity index (χ4v) is 4.63. The van der Waals surface area contributed by atoms with Gasteiger partial charge in [0.05, 0.1) is 43.5 Å². The summed E-state index contributed by atoms with van der Waals surface area (Å²) in [6.45, 7) is 3.82. The second-order valence-corrected chi connectivity index (χ2v) is 8.76. The molecule has 36 heavy (non-hydrogen) atoms. The average molecular weight is 508 g/mol. The number of nitrogens with zero attached hydrogens (tertiary/aromatic N) is 1. The average Bonchev–Trinajstić information content (AvgIpc) is 3.15. The van der Waals surface area contributed by atoms with Crippen molar-refractivity contribution in [1.29, 1.82) is 0 Å². The molecule has 1 N–H and O–H groups in total. The van der Waals surface area contributed by atoms with Crippen LogP contribution in [0, 0.1) is 13.8 Å². The second-order valence-electron chi connectivity index (χ2n) is 8.35. The summed E-state index contributed by atoms with van der Waals surface area (Å²) in [5.41, 5.74) is 3.06. The molecule has 0 aromatic heterocycles. The van der Waals surface area contributed by atoms with Crippen molar-refractivity contribution in [1.82, 2.24) is 0 Å². The molecule has 3 aromatic rings. The maximum absolute atomic E-state index is 13.5. The Hall–Kier alpha value is -3.97. The Labute approximate surface area is 214 Å². The van der Waals surface area contributed by atoms with Gasteiger partial charge in [-0.05, 0) is 54.8 Å². The number of anilines is 1. The van der Waals surface area contributed by atoms with E-state index in [2.05, 4.69) is 0 Å². The largest absolute Gasteiger partial charge is 0.507 e. The Morgan fingerprint density at radius 3 is 2.28 bits per heavy atom. The fourth-order valence-electron chi connectivity index (χ4n) is 4.40. The zero-order valence-corrected chi connectivity index (χ0v) is 21.3. The van der Waals surface area contributed by atoms with Gasteiger partial charge in [-0.15, -0.1) is 0 Å². The summed E-state index contributed by atoms with van der Waals surface area (Å²) in [6.07, 6.45) is 0. The summed E-state index contributed by atoms with van der Waals surface area (Å²) in [4.78, 5) is 28.5. The quantitative estimate of drug-likeness (QED) is 0.265. The molecule has 0 radical (unpaired) electrons. The molecule has 7 nitrogen and oxygen atoms in total. The van der Waals surface area contributed by atoms with Gasteiger partial charge in [0.25, 0.3) is 11.7 Å². The van der Waals surface area contributed by atoms with Crippen LogP contribution in [-0.2, 0) is 9.59 Å². The topological polar surface area (TPSA) is 85.3 Å². The van der Waals surface area contributed by atoms with Crippen molar-refractivity contribution in [2.45, 2.75) is 19.9 Å². The Bertz CT molecular complexity index is 1400. The lowest BCUT2D eigenvalue weighted by Crippen LogP contribution is -2.30. The van der Waals surface area contributed by atoms with E-state index in [-0.39, 0.29) is 27.7 Å². The van der Waals surface area contributed by atoms with E-state index in [1.54, 1.807) is 30.3 Å². The molecule has 1 heterocycles. The molecule has 0 bridgehead atoms. The molecule has 1 aliphatic heterocycles. The van der Waals surface area contributed by atoms with Gasteiger partial charge in [0, 0.05) is 11.8 Å². The number of ether oxygens (including phenoxy) is 3. The molecule has 0 spiro atoms. The van der Waals surface area contributed by atoms with Gasteiger partial charge < -0.3 is 19.3 Å². The summed E-state index contributed by atoms with van der Waals surface area (Å²) < 4.78 is 16.1. The van der Waals surface area contributed by atoms with Gasteiger partial charge in [-0.25, -0.2) is 0 Å². The summed E-state index contributed by atoms with van der Waals surface area (Å²) in [7, 11) is 4.39. The highest BCUT2D eigenvalue weighted by Crippen LogP contribution is 2.46. The summed E-state index contributed by atoms with van der Waals surface area (Å²) in [5, 5.41) is 11.8. The van der Waals surface area contributed by atoms with Gasteiger partial charge >= 0.3 is 0 Å². The van der Waals surface area contributed by atoms with E-state index in [1.807, 2.05) is 26.0 Å². The number of halogens is 1. The highest BCUT2D eigenvalue weighted by Gasteiger charge is 2.47. The van der Waals surface area contributed by atoms with E-state index in [0.717, 1.165) is 11.1 Å². The summed E-state index contributed by atoms with van der Waals surface area (Å²) >= 11 is 6.24. The number of aliphatic hydroxyl groups is 1. The Morgan fingerprint density at radius 1 is 0.917 bits per heavy atom. The lowest BCUT2D eigenvalue weighted by atomic mass is 9.94. The number of hydrogen-bond donors (Lipinski definition) is 1. The molecule has 1 saturated heterocycles. The number of Topliss-reactive ketones (excluding diaryl/α,β-unsaturated/α-hetero) is 1. The van der Waals surface area contributed by atoms with E-state index in [1.165, 1.54) is 38.4 Å². The standard InChI is InChI=1S/C28H26ClNO6/c1-15-8-6-11-21(16(15)2)30-25(17-9-7-10-18(12-17)34-3)24(27(32)28(30)33)26(31)19-13-23(36-5)20(29)14-22(19)35-4/h6-14,25,31H,1-5H3/b26-24+. The third-order valence-electron chi connectivity index (χ3n) is 6.42. The third kappa shape index (κ3) is 4.16. The molecule has 3 aromatic carbocycles. The number of amides is 1. The van der Waals surface area contributed by atoms with Crippen LogP contribution in [0.15, 0.2) is 60.2 Å². The van der Waals surface area contributed by atoms with Gasteiger partial charge in [0.15, 0.2) is 0 Å². The third-order valence-corrected chi connectivity index (χ3v) is 6.71. The van der Waals surface area contributed by atoms with Crippen LogP contribution in [-0.4, -0.2) is 38.1 Å². The van der Waals surface area contributed by atoms with Crippen LogP contribution >= 0.6 is 11.6 Å². The highest BCUT2D eigenvalue weighted by molar-refractivity contribution is 6.52. The van der Waals surface area contributed by atoms with E-state index >= 15 is 0 Å². The van der Waals surface area contributed by atoms with Crippen molar-refractivity contribution < 1.29 is 28.9 Å². The number of carbonyl (C=O) groups is 2. The molecular weight excluding hydrogens is 482 g/mol. The number of aryl methyl sites for hydroxylation is 1. The van der Waals surface area contributed by atoms with Crippen LogP contribution in [0.3, 0.4) is 0 Å². The first-order valence-electron chi connectivity index (χ1n) is 11.2. The molecule has 186 valence electrons. The van der Waals surface area contributed by atoms with Crippen LogP contribution in [0.1, 0.15) is 28.3 Å². The highest BCUT2D eigenvalue weighted by atomic mass is 35.5. The number of ketones is 1. The maximum atomic E-state index is 13.5. The first-order valence-corrected chi connectivity index (χ1v) is 11.5. The number of carbonyl (C=O) groups excluding carboxylic acids is 2. The molecule has 1 atom stereocenters. The first kappa shape index (κ1) is 25.1. The number of benzene rings is 3. The van der Waals surface area contributed by atoms with Gasteiger partial charge in [-0.1, -0.05) is 35.9 Å². The van der Waals surface area contributed by atoms with Crippen LogP contribution in [0.4, 0.5) is 5.69 Å². The monoisotopic (exact) mass is 507 g/mol. The van der Waals surface area contributed by atoms with Crippen molar-refractivity contribution in [3.05, 3.63) is 87.4 Å². The predicted molar refractivity (Wildman–Crippen MR) is 138 cm³/mol. The predicted octanol–water partition coefficient (Wildman–Crippen LogP) is 5.61. The van der Waals surface area contributed by atoms with E-state index < -0.39 is 23.5 Å².